The minimum Gasteiger partial charge on any atom is -0.322 e. The Morgan fingerprint density at radius 1 is 0.893 bits per heavy atom. The summed E-state index contributed by atoms with van der Waals surface area (Å²) >= 11 is 0. The number of halogens is 1. The van der Waals surface area contributed by atoms with Crippen LogP contribution in [-0.4, -0.2) is 16.8 Å². The summed E-state index contributed by atoms with van der Waals surface area (Å²) in [6.45, 7) is 1.35. The first kappa shape index (κ1) is 18.4. The molecule has 0 saturated heterocycles. The maximum Gasteiger partial charge on any atom is 0.255 e. The maximum atomic E-state index is 14.0. The van der Waals surface area contributed by atoms with Crippen molar-refractivity contribution in [3.8, 4) is 0 Å². The fraction of sp³-hybridized carbons (Fsp3) is 0.208. The van der Waals surface area contributed by atoms with E-state index in [1.54, 1.807) is 6.07 Å². The summed E-state index contributed by atoms with van der Waals surface area (Å²) in [6.07, 6.45) is 2.32. The molecule has 0 aromatic heterocycles. The normalized spacial score (nSPS) is 13.5. The molecule has 0 bridgehead atoms. The molecule has 0 heterocycles. The molecule has 0 aliphatic heterocycles. The summed E-state index contributed by atoms with van der Waals surface area (Å²) in [5, 5.41) is 2.89. The highest BCUT2D eigenvalue weighted by Crippen LogP contribution is 2.30. The van der Waals surface area contributed by atoms with Crippen LogP contribution in [0.2, 0.25) is 0 Å². The summed E-state index contributed by atoms with van der Waals surface area (Å²) in [6, 6.07) is 24.6. The van der Waals surface area contributed by atoms with Crippen LogP contribution in [0.15, 0.2) is 78.9 Å². The lowest BCUT2D eigenvalue weighted by Gasteiger charge is -2.22. The van der Waals surface area contributed by atoms with Crippen LogP contribution in [-0.2, 0) is 13.1 Å². The Labute approximate surface area is 164 Å². The van der Waals surface area contributed by atoms with Gasteiger partial charge in [-0.15, -0.1) is 0 Å². The van der Waals surface area contributed by atoms with E-state index in [1.807, 2.05) is 66.7 Å². The average molecular weight is 374 g/mol. The number of nitrogens with one attached hydrogen (secondary N) is 1. The molecule has 28 heavy (non-hydrogen) atoms. The number of amides is 1. The summed E-state index contributed by atoms with van der Waals surface area (Å²) in [7, 11) is 0. The zero-order chi connectivity index (χ0) is 19.3. The van der Waals surface area contributed by atoms with Crippen molar-refractivity contribution in [2.24, 2.45) is 0 Å². The van der Waals surface area contributed by atoms with Crippen molar-refractivity contribution in [2.45, 2.75) is 32.0 Å². The SMILES string of the molecule is O=C(Nc1ccccc1)c1ccc(CN(Cc2ccccc2F)C2CC2)cc1. The molecule has 1 fully saturated rings. The van der Waals surface area contributed by atoms with Gasteiger partial charge >= 0.3 is 0 Å². The van der Waals surface area contributed by atoms with Crippen LogP contribution in [0.4, 0.5) is 10.1 Å². The van der Waals surface area contributed by atoms with Crippen molar-refractivity contribution in [3.05, 3.63) is 101 Å². The molecular weight excluding hydrogens is 351 g/mol. The molecular formula is C24H23FN2O. The minimum atomic E-state index is -0.152. The summed E-state index contributed by atoms with van der Waals surface area (Å²) < 4.78 is 14.0. The predicted octanol–water partition coefficient (Wildman–Crippen LogP) is 5.24. The summed E-state index contributed by atoms with van der Waals surface area (Å²) in [4.78, 5) is 14.7. The number of benzene rings is 3. The van der Waals surface area contributed by atoms with Gasteiger partial charge in [0.1, 0.15) is 5.82 Å². The molecule has 4 rings (SSSR count). The molecule has 3 aromatic rings. The van der Waals surface area contributed by atoms with E-state index in [9.17, 15) is 9.18 Å². The molecule has 1 aliphatic carbocycles. The van der Waals surface area contributed by atoms with Crippen LogP contribution in [0.25, 0.3) is 0 Å². The van der Waals surface area contributed by atoms with Crippen LogP contribution >= 0.6 is 0 Å². The van der Waals surface area contributed by atoms with Crippen molar-refractivity contribution < 1.29 is 9.18 Å². The van der Waals surface area contributed by atoms with Gasteiger partial charge in [0.05, 0.1) is 0 Å². The van der Waals surface area contributed by atoms with E-state index in [4.69, 9.17) is 0 Å². The third-order valence-corrected chi connectivity index (χ3v) is 5.03. The van der Waals surface area contributed by atoms with Gasteiger partial charge in [-0.2, -0.15) is 0 Å². The Morgan fingerprint density at radius 2 is 1.57 bits per heavy atom. The zero-order valence-corrected chi connectivity index (χ0v) is 15.6. The first-order chi connectivity index (χ1) is 13.7. The molecule has 1 aliphatic rings. The standard InChI is InChI=1S/C24H23FN2O/c25-23-9-5-4-6-20(23)17-27(22-14-15-22)16-18-10-12-19(13-11-18)24(28)26-21-7-2-1-3-8-21/h1-13,22H,14-17H2,(H,26,28). The van der Waals surface area contributed by atoms with Gasteiger partial charge in [-0.3, -0.25) is 9.69 Å². The van der Waals surface area contributed by atoms with Gasteiger partial charge in [0.15, 0.2) is 0 Å². The number of carbonyl (C=O) groups is 1. The van der Waals surface area contributed by atoms with E-state index >= 15 is 0 Å². The minimum absolute atomic E-state index is 0.122. The molecule has 0 radical (unpaired) electrons. The quantitative estimate of drug-likeness (QED) is 0.613. The molecule has 4 heteroatoms. The highest BCUT2D eigenvalue weighted by atomic mass is 19.1. The lowest BCUT2D eigenvalue weighted by molar-refractivity contribution is 0.102. The molecule has 142 valence electrons. The van der Waals surface area contributed by atoms with Crippen molar-refractivity contribution in [1.29, 1.82) is 0 Å². The van der Waals surface area contributed by atoms with E-state index < -0.39 is 0 Å². The van der Waals surface area contributed by atoms with Gasteiger partial charge in [0.25, 0.3) is 5.91 Å². The smallest absolute Gasteiger partial charge is 0.255 e. The Hall–Kier alpha value is -2.98. The Kier molecular flexibility index (Phi) is 5.49. The third-order valence-electron chi connectivity index (χ3n) is 5.03. The predicted molar refractivity (Wildman–Crippen MR) is 110 cm³/mol. The number of nitrogens with zero attached hydrogens (tertiary/aromatic N) is 1. The largest absolute Gasteiger partial charge is 0.322 e. The highest BCUT2D eigenvalue weighted by Gasteiger charge is 2.29. The molecule has 3 aromatic carbocycles. The fourth-order valence-electron chi connectivity index (χ4n) is 3.32. The van der Waals surface area contributed by atoms with Gasteiger partial charge in [-0.05, 0) is 48.7 Å². The van der Waals surface area contributed by atoms with Gasteiger partial charge in [0.2, 0.25) is 0 Å². The average Bonchev–Trinajstić information content (AvgIpc) is 3.56. The third kappa shape index (κ3) is 4.65. The van der Waals surface area contributed by atoms with Crippen LogP contribution in [0.3, 0.4) is 0 Å². The summed E-state index contributed by atoms with van der Waals surface area (Å²) in [5.74, 6) is -0.274. The van der Waals surface area contributed by atoms with E-state index in [2.05, 4.69) is 10.2 Å². The molecule has 0 unspecified atom stereocenters. The number of carbonyl (C=O) groups excluding carboxylic acids is 1. The lowest BCUT2D eigenvalue weighted by Crippen LogP contribution is -2.25. The van der Waals surface area contributed by atoms with Crippen molar-refractivity contribution in [1.82, 2.24) is 4.90 Å². The number of hydrogen-bond acceptors (Lipinski definition) is 2. The van der Waals surface area contributed by atoms with Crippen molar-refractivity contribution >= 4 is 11.6 Å². The van der Waals surface area contributed by atoms with E-state index in [-0.39, 0.29) is 11.7 Å². The molecule has 1 saturated carbocycles. The molecule has 1 N–H and O–H groups in total. The van der Waals surface area contributed by atoms with Gasteiger partial charge in [-0.25, -0.2) is 4.39 Å². The first-order valence-electron chi connectivity index (χ1n) is 9.62. The van der Waals surface area contributed by atoms with Gasteiger partial charge in [-0.1, -0.05) is 48.5 Å². The number of anilines is 1. The second kappa shape index (κ2) is 8.36. The number of para-hydroxylation sites is 1. The Balaban J connectivity index is 1.41. The molecule has 0 spiro atoms. The van der Waals surface area contributed by atoms with E-state index in [0.717, 1.165) is 36.2 Å². The number of rotatable bonds is 7. The van der Waals surface area contributed by atoms with Crippen molar-refractivity contribution in [3.63, 3.8) is 0 Å². The second-order valence-electron chi connectivity index (χ2n) is 7.24. The molecule has 0 atom stereocenters. The van der Waals surface area contributed by atoms with Crippen LogP contribution in [0.5, 0.6) is 0 Å². The monoisotopic (exact) mass is 374 g/mol. The lowest BCUT2D eigenvalue weighted by atomic mass is 10.1. The fourth-order valence-corrected chi connectivity index (χ4v) is 3.32. The first-order valence-corrected chi connectivity index (χ1v) is 9.62. The Morgan fingerprint density at radius 3 is 2.25 bits per heavy atom. The van der Waals surface area contributed by atoms with Gasteiger partial charge < -0.3 is 5.32 Å². The topological polar surface area (TPSA) is 32.3 Å². The van der Waals surface area contributed by atoms with E-state index in [0.29, 0.717) is 18.2 Å². The van der Waals surface area contributed by atoms with E-state index in [1.165, 1.54) is 6.07 Å². The number of hydrogen-bond donors (Lipinski definition) is 1. The zero-order valence-electron chi connectivity index (χ0n) is 15.6. The Bertz CT molecular complexity index is 936. The second-order valence-corrected chi connectivity index (χ2v) is 7.24. The van der Waals surface area contributed by atoms with Crippen molar-refractivity contribution in [2.75, 3.05) is 5.32 Å². The van der Waals surface area contributed by atoms with Crippen LogP contribution < -0.4 is 5.32 Å². The van der Waals surface area contributed by atoms with Crippen LogP contribution in [0.1, 0.15) is 34.3 Å². The summed E-state index contributed by atoms with van der Waals surface area (Å²) in [5.41, 5.74) is 3.26. The maximum absolute atomic E-state index is 14.0. The molecule has 1 amide bonds. The molecule has 3 nitrogen and oxygen atoms in total. The van der Waals surface area contributed by atoms with Gasteiger partial charge in [0, 0.05) is 35.9 Å². The van der Waals surface area contributed by atoms with Crippen LogP contribution in [0, 0.1) is 5.82 Å². The highest BCUT2D eigenvalue weighted by molar-refractivity contribution is 6.04.